The van der Waals surface area contributed by atoms with E-state index in [4.69, 9.17) is 4.42 Å². The van der Waals surface area contributed by atoms with Crippen molar-refractivity contribution in [3.63, 3.8) is 0 Å². The summed E-state index contributed by atoms with van der Waals surface area (Å²) >= 11 is 0. The van der Waals surface area contributed by atoms with Crippen LogP contribution in [-0.2, 0) is 6.42 Å². The van der Waals surface area contributed by atoms with Gasteiger partial charge in [0.1, 0.15) is 5.76 Å². The second-order valence-corrected chi connectivity index (χ2v) is 5.36. The number of fused-ring (bicyclic) bond motifs is 1. The topological polar surface area (TPSA) is 25.2 Å². The van der Waals surface area contributed by atoms with E-state index in [2.05, 4.69) is 42.6 Å². The molecule has 2 unspecified atom stereocenters. The lowest BCUT2D eigenvalue weighted by Crippen LogP contribution is -2.27. The normalized spacial score (nSPS) is 18.7. The number of rotatable bonds is 6. The Morgan fingerprint density at radius 2 is 2.16 bits per heavy atom. The van der Waals surface area contributed by atoms with Gasteiger partial charge in [-0.1, -0.05) is 31.2 Å². The number of furan rings is 1. The third-order valence-electron chi connectivity index (χ3n) is 4.01. The molecule has 2 aromatic rings. The summed E-state index contributed by atoms with van der Waals surface area (Å²) in [5, 5.41) is 3.61. The van der Waals surface area contributed by atoms with Crippen LogP contribution < -0.4 is 5.32 Å². The van der Waals surface area contributed by atoms with Crippen molar-refractivity contribution in [2.75, 3.05) is 6.54 Å². The van der Waals surface area contributed by atoms with E-state index in [1.807, 2.05) is 6.07 Å². The molecule has 0 aliphatic heterocycles. The minimum Gasteiger partial charge on any atom is -0.468 e. The Kier molecular flexibility index (Phi) is 3.69. The van der Waals surface area contributed by atoms with E-state index in [0.29, 0.717) is 12.0 Å². The maximum atomic E-state index is 5.59. The Balaban J connectivity index is 1.69. The lowest BCUT2D eigenvalue weighted by Gasteiger charge is -2.32. The fourth-order valence-electron chi connectivity index (χ4n) is 2.97. The average molecular weight is 255 g/mol. The quantitative estimate of drug-likeness (QED) is 0.842. The lowest BCUT2D eigenvalue weighted by molar-refractivity contribution is 0.362. The second kappa shape index (κ2) is 5.62. The first kappa shape index (κ1) is 12.5. The van der Waals surface area contributed by atoms with Gasteiger partial charge in [-0.25, -0.2) is 0 Å². The molecule has 0 saturated carbocycles. The molecule has 1 heterocycles. The van der Waals surface area contributed by atoms with E-state index in [-0.39, 0.29) is 0 Å². The Morgan fingerprint density at radius 3 is 2.89 bits per heavy atom. The molecule has 0 spiro atoms. The van der Waals surface area contributed by atoms with Crippen molar-refractivity contribution >= 4 is 0 Å². The van der Waals surface area contributed by atoms with Crippen molar-refractivity contribution < 1.29 is 4.42 Å². The van der Waals surface area contributed by atoms with E-state index in [0.717, 1.165) is 25.1 Å². The van der Waals surface area contributed by atoms with Crippen LogP contribution in [0.1, 0.15) is 48.6 Å². The summed E-state index contributed by atoms with van der Waals surface area (Å²) in [6, 6.07) is 13.2. The molecule has 0 fully saturated rings. The summed E-state index contributed by atoms with van der Waals surface area (Å²) in [5.74, 6) is 1.74. The fourth-order valence-corrected chi connectivity index (χ4v) is 2.97. The summed E-state index contributed by atoms with van der Waals surface area (Å²) < 4.78 is 5.59. The molecule has 1 N–H and O–H groups in total. The molecule has 1 aromatic heterocycles. The Hall–Kier alpha value is -1.54. The molecule has 1 aromatic carbocycles. The molecule has 0 amide bonds. The summed E-state index contributed by atoms with van der Waals surface area (Å²) in [6.45, 7) is 3.24. The van der Waals surface area contributed by atoms with Crippen LogP contribution in [0.25, 0.3) is 0 Å². The Morgan fingerprint density at radius 1 is 1.26 bits per heavy atom. The van der Waals surface area contributed by atoms with E-state index >= 15 is 0 Å². The molecule has 3 rings (SSSR count). The molecule has 2 nitrogen and oxygen atoms in total. The SMILES string of the molecule is CCCNC(CC1Cc2ccccc21)c1ccco1. The van der Waals surface area contributed by atoms with E-state index in [1.165, 1.54) is 17.5 Å². The van der Waals surface area contributed by atoms with E-state index in [9.17, 15) is 0 Å². The highest BCUT2D eigenvalue weighted by Crippen LogP contribution is 2.40. The van der Waals surface area contributed by atoms with E-state index in [1.54, 1.807) is 6.26 Å². The van der Waals surface area contributed by atoms with Crippen molar-refractivity contribution in [2.45, 2.75) is 38.1 Å². The maximum Gasteiger partial charge on any atom is 0.120 e. The molecule has 100 valence electrons. The standard InChI is InChI=1S/C17H21NO/c1-2-9-18-16(17-8-5-10-19-17)12-14-11-13-6-3-4-7-15(13)14/h3-8,10,14,16,18H,2,9,11-12H2,1H3. The maximum absolute atomic E-state index is 5.59. The van der Waals surface area contributed by atoms with E-state index < -0.39 is 0 Å². The molecular weight excluding hydrogens is 234 g/mol. The molecule has 0 bridgehead atoms. The van der Waals surface area contributed by atoms with Crippen molar-refractivity contribution in [1.29, 1.82) is 0 Å². The van der Waals surface area contributed by atoms with Gasteiger partial charge in [0.15, 0.2) is 0 Å². The van der Waals surface area contributed by atoms with Gasteiger partial charge < -0.3 is 9.73 Å². The largest absolute Gasteiger partial charge is 0.468 e. The van der Waals surface area contributed by atoms with Crippen LogP contribution in [0, 0.1) is 0 Å². The lowest BCUT2D eigenvalue weighted by atomic mass is 9.74. The highest BCUT2D eigenvalue weighted by atomic mass is 16.3. The van der Waals surface area contributed by atoms with Crippen molar-refractivity contribution in [3.8, 4) is 0 Å². The van der Waals surface area contributed by atoms with Gasteiger partial charge in [0.25, 0.3) is 0 Å². The molecule has 0 saturated heterocycles. The Labute approximate surface area is 114 Å². The Bertz CT molecular complexity index is 518. The zero-order valence-corrected chi connectivity index (χ0v) is 11.4. The number of hydrogen-bond donors (Lipinski definition) is 1. The van der Waals surface area contributed by atoms with Crippen LogP contribution in [-0.4, -0.2) is 6.54 Å². The van der Waals surface area contributed by atoms with Crippen LogP contribution in [0.2, 0.25) is 0 Å². The minimum atomic E-state index is 0.341. The molecule has 0 radical (unpaired) electrons. The van der Waals surface area contributed by atoms with Crippen molar-refractivity contribution in [2.24, 2.45) is 0 Å². The summed E-state index contributed by atoms with van der Waals surface area (Å²) in [4.78, 5) is 0. The van der Waals surface area contributed by atoms with Gasteiger partial charge >= 0.3 is 0 Å². The molecule has 2 heteroatoms. The molecule has 19 heavy (non-hydrogen) atoms. The zero-order chi connectivity index (χ0) is 13.1. The summed E-state index contributed by atoms with van der Waals surface area (Å²) in [5.41, 5.74) is 3.04. The summed E-state index contributed by atoms with van der Waals surface area (Å²) in [6.07, 6.45) is 5.26. The zero-order valence-electron chi connectivity index (χ0n) is 11.4. The van der Waals surface area contributed by atoms with Gasteiger partial charge in [0, 0.05) is 0 Å². The minimum absolute atomic E-state index is 0.341. The first-order valence-corrected chi connectivity index (χ1v) is 7.23. The predicted molar refractivity (Wildman–Crippen MR) is 77.2 cm³/mol. The molecular formula is C17H21NO. The third kappa shape index (κ3) is 2.59. The predicted octanol–water partition coefficient (Wildman–Crippen LogP) is 4.05. The van der Waals surface area contributed by atoms with Gasteiger partial charge in [-0.2, -0.15) is 0 Å². The van der Waals surface area contributed by atoms with Crippen LogP contribution >= 0.6 is 0 Å². The second-order valence-electron chi connectivity index (χ2n) is 5.36. The van der Waals surface area contributed by atoms with Crippen molar-refractivity contribution in [3.05, 3.63) is 59.5 Å². The van der Waals surface area contributed by atoms with Crippen LogP contribution in [0.4, 0.5) is 0 Å². The van der Waals surface area contributed by atoms with Crippen LogP contribution in [0.5, 0.6) is 0 Å². The number of nitrogens with one attached hydrogen (secondary N) is 1. The van der Waals surface area contributed by atoms with Gasteiger partial charge in [-0.05, 0) is 55.0 Å². The third-order valence-corrected chi connectivity index (χ3v) is 4.01. The number of benzene rings is 1. The first-order valence-electron chi connectivity index (χ1n) is 7.23. The first-order chi connectivity index (χ1) is 9.38. The van der Waals surface area contributed by atoms with Crippen LogP contribution in [0.3, 0.4) is 0 Å². The van der Waals surface area contributed by atoms with Gasteiger partial charge in [-0.15, -0.1) is 0 Å². The molecule has 1 aliphatic rings. The smallest absolute Gasteiger partial charge is 0.120 e. The monoisotopic (exact) mass is 255 g/mol. The average Bonchev–Trinajstić information content (AvgIpc) is 2.93. The highest BCUT2D eigenvalue weighted by Gasteiger charge is 2.29. The summed E-state index contributed by atoms with van der Waals surface area (Å²) in [7, 11) is 0. The highest BCUT2D eigenvalue weighted by molar-refractivity contribution is 5.40. The van der Waals surface area contributed by atoms with Crippen LogP contribution in [0.15, 0.2) is 47.1 Å². The van der Waals surface area contributed by atoms with Crippen molar-refractivity contribution in [1.82, 2.24) is 5.32 Å². The molecule has 1 aliphatic carbocycles. The molecule has 2 atom stereocenters. The number of hydrogen-bond acceptors (Lipinski definition) is 2. The van der Waals surface area contributed by atoms with Gasteiger partial charge in [-0.3, -0.25) is 0 Å². The fraction of sp³-hybridized carbons (Fsp3) is 0.412. The van der Waals surface area contributed by atoms with Gasteiger partial charge in [0.2, 0.25) is 0 Å². The van der Waals surface area contributed by atoms with Gasteiger partial charge in [0.05, 0.1) is 12.3 Å².